The Balaban J connectivity index is 2.60. The summed E-state index contributed by atoms with van der Waals surface area (Å²) in [5.41, 5.74) is -3.75. The number of nitrogens with one attached hydrogen (secondary N) is 2. The highest BCUT2D eigenvalue weighted by atomic mass is 35.5. The van der Waals surface area contributed by atoms with Gasteiger partial charge in [0, 0.05) is 5.02 Å². The number of carbonyl (C=O) groups excluding carboxylic acids is 2. The number of benzene rings is 1. The van der Waals surface area contributed by atoms with Gasteiger partial charge in [-0.3, -0.25) is 4.79 Å². The zero-order chi connectivity index (χ0) is 18.1. The number of urea groups is 1. The van der Waals surface area contributed by atoms with Crippen LogP contribution in [0, 0.1) is 5.92 Å². The maximum Gasteiger partial charge on any atom is 0.437 e. The van der Waals surface area contributed by atoms with Crippen LogP contribution in [0.4, 0.5) is 18.0 Å². The van der Waals surface area contributed by atoms with Crippen LogP contribution in [0.2, 0.25) is 5.02 Å². The highest BCUT2D eigenvalue weighted by Gasteiger charge is 2.67. The second-order valence-electron chi connectivity index (χ2n) is 5.09. The molecule has 24 heavy (non-hydrogen) atoms. The van der Waals surface area contributed by atoms with Gasteiger partial charge in [0.05, 0.1) is 12.6 Å². The Labute approximate surface area is 139 Å². The average Bonchev–Trinajstić information content (AvgIpc) is 2.45. The standard InChI is InChI=1S/C14H14ClF3N2O4/c1-2-24-11(21)9-10(7-5-3-4-6-8(7)15)19-12(22)20-13(9,23)14(16,17)18/h3-6,9-10,23H,2H2,1H3,(H2,19,20,22)/t9-,10-,13-/m0/s1. The van der Waals surface area contributed by atoms with E-state index in [0.717, 1.165) is 0 Å². The zero-order valence-electron chi connectivity index (χ0n) is 12.4. The van der Waals surface area contributed by atoms with E-state index in [2.05, 4.69) is 10.1 Å². The summed E-state index contributed by atoms with van der Waals surface area (Å²) in [6, 6.07) is 2.92. The number of alkyl halides is 3. The average molecular weight is 367 g/mol. The molecule has 1 aliphatic rings. The molecule has 0 bridgehead atoms. The molecule has 0 saturated carbocycles. The lowest BCUT2D eigenvalue weighted by molar-refractivity contribution is -0.294. The van der Waals surface area contributed by atoms with Gasteiger partial charge in [-0.2, -0.15) is 13.2 Å². The summed E-state index contributed by atoms with van der Waals surface area (Å²) in [5, 5.41) is 13.7. The fourth-order valence-electron chi connectivity index (χ4n) is 2.52. The fourth-order valence-corrected chi connectivity index (χ4v) is 2.78. The Morgan fingerprint density at radius 3 is 2.58 bits per heavy atom. The van der Waals surface area contributed by atoms with Crippen molar-refractivity contribution >= 4 is 23.6 Å². The van der Waals surface area contributed by atoms with Gasteiger partial charge in [-0.15, -0.1) is 0 Å². The number of esters is 1. The molecule has 3 N–H and O–H groups in total. The Morgan fingerprint density at radius 1 is 1.42 bits per heavy atom. The van der Waals surface area contributed by atoms with Crippen LogP contribution < -0.4 is 10.6 Å². The summed E-state index contributed by atoms with van der Waals surface area (Å²) in [6.45, 7) is 1.20. The lowest BCUT2D eigenvalue weighted by atomic mass is 9.82. The van der Waals surface area contributed by atoms with Crippen LogP contribution >= 0.6 is 11.6 Å². The second-order valence-corrected chi connectivity index (χ2v) is 5.50. The molecular formula is C14H14ClF3N2O4. The molecule has 10 heteroatoms. The quantitative estimate of drug-likeness (QED) is 0.715. The molecule has 1 aliphatic heterocycles. The first-order valence-electron chi connectivity index (χ1n) is 6.90. The molecule has 0 unspecified atom stereocenters. The predicted molar refractivity (Wildman–Crippen MR) is 77.0 cm³/mol. The summed E-state index contributed by atoms with van der Waals surface area (Å²) < 4.78 is 44.9. The van der Waals surface area contributed by atoms with Crippen molar-refractivity contribution in [2.75, 3.05) is 6.61 Å². The SMILES string of the molecule is CCOC(=O)[C@@H]1[C@H](c2ccccc2Cl)NC(=O)N[C@@]1(O)C(F)(F)F. The van der Waals surface area contributed by atoms with E-state index in [-0.39, 0.29) is 17.2 Å². The molecule has 6 nitrogen and oxygen atoms in total. The number of aliphatic hydroxyl groups is 1. The molecule has 1 saturated heterocycles. The van der Waals surface area contributed by atoms with Crippen LogP contribution in [0.5, 0.6) is 0 Å². The van der Waals surface area contributed by atoms with E-state index in [1.807, 2.05) is 0 Å². The van der Waals surface area contributed by atoms with E-state index >= 15 is 0 Å². The number of ether oxygens (including phenoxy) is 1. The molecule has 1 aromatic carbocycles. The van der Waals surface area contributed by atoms with Crippen LogP contribution in [-0.2, 0) is 9.53 Å². The monoisotopic (exact) mass is 366 g/mol. The third kappa shape index (κ3) is 3.13. The Bertz CT molecular complexity index is 655. The number of amides is 2. The maximum atomic E-state index is 13.4. The first-order valence-corrected chi connectivity index (χ1v) is 7.28. The van der Waals surface area contributed by atoms with Gasteiger partial charge in [-0.25, -0.2) is 4.79 Å². The van der Waals surface area contributed by atoms with E-state index < -0.39 is 35.9 Å². The molecule has 2 amide bonds. The molecular weight excluding hydrogens is 353 g/mol. The summed E-state index contributed by atoms with van der Waals surface area (Å²) in [5.74, 6) is -3.51. The zero-order valence-corrected chi connectivity index (χ0v) is 13.1. The van der Waals surface area contributed by atoms with Gasteiger partial charge in [0.25, 0.3) is 5.72 Å². The van der Waals surface area contributed by atoms with Crippen LogP contribution in [-0.4, -0.2) is 35.6 Å². The van der Waals surface area contributed by atoms with E-state index in [4.69, 9.17) is 11.6 Å². The first kappa shape index (κ1) is 18.3. The second kappa shape index (κ2) is 6.48. The van der Waals surface area contributed by atoms with Crippen molar-refractivity contribution in [3.63, 3.8) is 0 Å². The molecule has 1 heterocycles. The van der Waals surface area contributed by atoms with Crippen molar-refractivity contribution < 1.29 is 32.6 Å². The van der Waals surface area contributed by atoms with E-state index in [9.17, 15) is 27.9 Å². The van der Waals surface area contributed by atoms with Crippen molar-refractivity contribution in [2.24, 2.45) is 5.92 Å². The maximum absolute atomic E-state index is 13.4. The smallest absolute Gasteiger partial charge is 0.437 e. The number of carbonyl (C=O) groups is 2. The largest absolute Gasteiger partial charge is 0.466 e. The Hall–Kier alpha value is -2.00. The van der Waals surface area contributed by atoms with Crippen molar-refractivity contribution in [1.82, 2.24) is 10.6 Å². The summed E-state index contributed by atoms with van der Waals surface area (Å²) >= 11 is 5.97. The number of rotatable bonds is 3. The highest BCUT2D eigenvalue weighted by molar-refractivity contribution is 6.31. The van der Waals surface area contributed by atoms with Gasteiger partial charge in [-0.1, -0.05) is 29.8 Å². The molecule has 0 spiro atoms. The van der Waals surface area contributed by atoms with E-state index in [0.29, 0.717) is 0 Å². The number of hydrogen-bond donors (Lipinski definition) is 3. The predicted octanol–water partition coefficient (Wildman–Crippen LogP) is 2.12. The topological polar surface area (TPSA) is 87.7 Å². The highest BCUT2D eigenvalue weighted by Crippen LogP contribution is 2.44. The number of hydrogen-bond acceptors (Lipinski definition) is 4. The van der Waals surface area contributed by atoms with E-state index in [1.54, 1.807) is 0 Å². The molecule has 0 radical (unpaired) electrons. The lowest BCUT2D eigenvalue weighted by Crippen LogP contribution is -2.73. The van der Waals surface area contributed by atoms with Gasteiger partial charge in [-0.05, 0) is 18.6 Å². The Morgan fingerprint density at radius 2 is 2.04 bits per heavy atom. The minimum Gasteiger partial charge on any atom is -0.466 e. The minimum absolute atomic E-state index is 0.0310. The third-order valence-electron chi connectivity index (χ3n) is 3.59. The first-order chi connectivity index (χ1) is 11.1. The van der Waals surface area contributed by atoms with Gasteiger partial charge < -0.3 is 20.5 Å². The third-order valence-corrected chi connectivity index (χ3v) is 3.93. The molecule has 132 valence electrons. The molecule has 0 aromatic heterocycles. The van der Waals surface area contributed by atoms with Crippen molar-refractivity contribution in [1.29, 1.82) is 0 Å². The van der Waals surface area contributed by atoms with Gasteiger partial charge in [0.15, 0.2) is 0 Å². The Kier molecular flexibility index (Phi) is 4.95. The molecule has 1 fully saturated rings. The number of halogens is 4. The van der Waals surface area contributed by atoms with Crippen molar-refractivity contribution in [2.45, 2.75) is 24.9 Å². The van der Waals surface area contributed by atoms with Crippen LogP contribution in [0.15, 0.2) is 24.3 Å². The molecule has 1 aromatic rings. The normalized spacial score (nSPS) is 27.2. The van der Waals surface area contributed by atoms with Gasteiger partial charge in [0.1, 0.15) is 5.92 Å². The van der Waals surface area contributed by atoms with Crippen molar-refractivity contribution in [3.05, 3.63) is 34.9 Å². The molecule has 2 rings (SSSR count). The lowest BCUT2D eigenvalue weighted by Gasteiger charge is -2.44. The van der Waals surface area contributed by atoms with Gasteiger partial charge in [0.2, 0.25) is 0 Å². The van der Waals surface area contributed by atoms with E-state index in [1.165, 1.54) is 36.5 Å². The fraction of sp³-hybridized carbons (Fsp3) is 0.429. The summed E-state index contributed by atoms with van der Waals surface area (Å²) in [6.07, 6.45) is -5.32. The molecule has 0 aliphatic carbocycles. The van der Waals surface area contributed by atoms with Crippen LogP contribution in [0.1, 0.15) is 18.5 Å². The summed E-state index contributed by atoms with van der Waals surface area (Å²) in [7, 11) is 0. The minimum atomic E-state index is -5.32. The van der Waals surface area contributed by atoms with Gasteiger partial charge >= 0.3 is 18.2 Å². The molecule has 3 atom stereocenters. The van der Waals surface area contributed by atoms with Crippen LogP contribution in [0.3, 0.4) is 0 Å². The van der Waals surface area contributed by atoms with Crippen LogP contribution in [0.25, 0.3) is 0 Å². The summed E-state index contributed by atoms with van der Waals surface area (Å²) in [4.78, 5) is 23.8. The van der Waals surface area contributed by atoms with Crippen molar-refractivity contribution in [3.8, 4) is 0 Å².